The molecule has 4 nitrogen and oxygen atoms in total. The van der Waals surface area contributed by atoms with Crippen molar-refractivity contribution in [1.29, 1.82) is 0 Å². The molecule has 0 saturated carbocycles. The molecule has 2 aromatic rings. The number of nitrogens with one attached hydrogen (secondary N) is 1. The molecule has 0 radical (unpaired) electrons. The Bertz CT molecular complexity index is 602. The lowest BCUT2D eigenvalue weighted by Gasteiger charge is -2.07. The van der Waals surface area contributed by atoms with Crippen LogP contribution in [0.25, 0.3) is 0 Å². The van der Waals surface area contributed by atoms with Crippen molar-refractivity contribution in [3.63, 3.8) is 0 Å². The Morgan fingerprint density at radius 1 is 1.18 bits per heavy atom. The first kappa shape index (κ1) is 16.2. The zero-order valence-corrected chi connectivity index (χ0v) is 13.5. The number of benzene rings is 2. The van der Waals surface area contributed by atoms with Crippen LogP contribution in [0.15, 0.2) is 64.5 Å². The van der Waals surface area contributed by atoms with E-state index in [0.29, 0.717) is 12.5 Å². The van der Waals surface area contributed by atoms with Crippen LogP contribution in [0.1, 0.15) is 6.42 Å². The van der Waals surface area contributed by atoms with Gasteiger partial charge in [0.05, 0.1) is 7.11 Å². The molecule has 0 aliphatic heterocycles. The van der Waals surface area contributed by atoms with Crippen molar-refractivity contribution in [3.8, 4) is 5.75 Å². The molecule has 2 aromatic carbocycles. The van der Waals surface area contributed by atoms with Gasteiger partial charge in [-0.2, -0.15) is 0 Å². The minimum absolute atomic E-state index is 0.429. The first-order valence-electron chi connectivity index (χ1n) is 7.17. The maximum Gasteiger partial charge on any atom is 0.193 e. The molecular weight excluding hydrogens is 294 g/mol. The van der Waals surface area contributed by atoms with E-state index in [9.17, 15) is 0 Å². The number of thioether (sulfide) groups is 1. The molecule has 0 saturated heterocycles. The highest BCUT2D eigenvalue weighted by molar-refractivity contribution is 7.99. The van der Waals surface area contributed by atoms with Gasteiger partial charge in [-0.05, 0) is 36.4 Å². The molecule has 0 fully saturated rings. The van der Waals surface area contributed by atoms with Gasteiger partial charge in [-0.3, -0.25) is 4.99 Å². The molecule has 5 heteroatoms. The van der Waals surface area contributed by atoms with Crippen molar-refractivity contribution in [1.82, 2.24) is 0 Å². The molecule has 0 bridgehead atoms. The molecule has 116 valence electrons. The standard InChI is InChI=1S/C17H21N3OS/c1-21-15-8-5-7-14(13-15)20-17(18)19-11-6-12-22-16-9-3-2-4-10-16/h2-5,7-10,13H,6,11-12H2,1H3,(H3,18,19,20). The summed E-state index contributed by atoms with van der Waals surface area (Å²) in [7, 11) is 1.64. The van der Waals surface area contributed by atoms with Crippen molar-refractivity contribution >= 4 is 23.4 Å². The molecule has 0 spiro atoms. The fourth-order valence-electron chi connectivity index (χ4n) is 1.86. The van der Waals surface area contributed by atoms with E-state index in [1.165, 1.54) is 4.90 Å². The van der Waals surface area contributed by atoms with Crippen LogP contribution in [-0.2, 0) is 0 Å². The summed E-state index contributed by atoms with van der Waals surface area (Å²) in [4.78, 5) is 5.62. The maximum atomic E-state index is 5.88. The third kappa shape index (κ3) is 5.69. The number of nitrogens with two attached hydrogens (primary N) is 1. The zero-order chi connectivity index (χ0) is 15.6. The second-order valence-corrected chi connectivity index (χ2v) is 5.81. The van der Waals surface area contributed by atoms with E-state index in [2.05, 4.69) is 34.6 Å². The summed E-state index contributed by atoms with van der Waals surface area (Å²) < 4.78 is 5.17. The summed E-state index contributed by atoms with van der Waals surface area (Å²) in [5.41, 5.74) is 6.76. The van der Waals surface area contributed by atoms with Crippen LogP contribution in [0, 0.1) is 0 Å². The average Bonchev–Trinajstić information content (AvgIpc) is 2.55. The third-order valence-corrected chi connectivity index (χ3v) is 4.04. The molecule has 22 heavy (non-hydrogen) atoms. The molecular formula is C17H21N3OS. The fraction of sp³-hybridized carbons (Fsp3) is 0.235. The van der Waals surface area contributed by atoms with E-state index >= 15 is 0 Å². The van der Waals surface area contributed by atoms with Gasteiger partial charge < -0.3 is 15.8 Å². The van der Waals surface area contributed by atoms with Gasteiger partial charge in [0.1, 0.15) is 5.75 Å². The number of hydrogen-bond donors (Lipinski definition) is 2. The minimum atomic E-state index is 0.429. The van der Waals surface area contributed by atoms with Gasteiger partial charge in [0.25, 0.3) is 0 Å². The molecule has 3 N–H and O–H groups in total. The largest absolute Gasteiger partial charge is 0.497 e. The van der Waals surface area contributed by atoms with Crippen molar-refractivity contribution in [2.45, 2.75) is 11.3 Å². The smallest absolute Gasteiger partial charge is 0.193 e. The number of methoxy groups -OCH3 is 1. The maximum absolute atomic E-state index is 5.88. The first-order valence-corrected chi connectivity index (χ1v) is 8.15. The van der Waals surface area contributed by atoms with Crippen LogP contribution >= 0.6 is 11.8 Å². The molecule has 2 rings (SSSR count). The second kappa shape index (κ2) is 9.00. The normalized spacial score (nSPS) is 11.2. The summed E-state index contributed by atoms with van der Waals surface area (Å²) in [6.45, 7) is 0.711. The molecule has 0 unspecified atom stereocenters. The molecule has 0 atom stereocenters. The van der Waals surface area contributed by atoms with Crippen LogP contribution in [0.2, 0.25) is 0 Å². The van der Waals surface area contributed by atoms with Crippen molar-refractivity contribution < 1.29 is 4.74 Å². The van der Waals surface area contributed by atoms with Gasteiger partial charge in [0.2, 0.25) is 0 Å². The van der Waals surface area contributed by atoms with E-state index in [-0.39, 0.29) is 0 Å². The monoisotopic (exact) mass is 315 g/mol. The topological polar surface area (TPSA) is 59.6 Å². The molecule has 0 heterocycles. The summed E-state index contributed by atoms with van der Waals surface area (Å²) in [6.07, 6.45) is 0.986. The fourth-order valence-corrected chi connectivity index (χ4v) is 2.72. The summed E-state index contributed by atoms with van der Waals surface area (Å²) >= 11 is 1.83. The van der Waals surface area contributed by atoms with Gasteiger partial charge in [-0.25, -0.2) is 0 Å². The zero-order valence-electron chi connectivity index (χ0n) is 12.7. The minimum Gasteiger partial charge on any atom is -0.497 e. The molecule has 0 aliphatic rings. The van der Waals surface area contributed by atoms with Gasteiger partial charge in [0, 0.05) is 23.2 Å². The molecule has 0 aromatic heterocycles. The van der Waals surface area contributed by atoms with Crippen LogP contribution in [0.4, 0.5) is 5.69 Å². The average molecular weight is 315 g/mol. The molecule has 0 amide bonds. The SMILES string of the molecule is COc1cccc(NC(N)=NCCCSc2ccccc2)c1. The highest BCUT2D eigenvalue weighted by Gasteiger charge is 1.97. The van der Waals surface area contributed by atoms with Gasteiger partial charge in [-0.1, -0.05) is 24.3 Å². The Kier molecular flexibility index (Phi) is 6.64. The Morgan fingerprint density at radius 3 is 2.77 bits per heavy atom. The van der Waals surface area contributed by atoms with Gasteiger partial charge in [-0.15, -0.1) is 11.8 Å². The quantitative estimate of drug-likeness (QED) is 0.355. The van der Waals surface area contributed by atoms with E-state index in [4.69, 9.17) is 10.5 Å². The molecule has 0 aliphatic carbocycles. The van der Waals surface area contributed by atoms with E-state index in [0.717, 1.165) is 23.6 Å². The Balaban J connectivity index is 1.71. The van der Waals surface area contributed by atoms with Crippen LogP contribution in [0.3, 0.4) is 0 Å². The number of aliphatic imine (C=N–C) groups is 1. The Hall–Kier alpha value is -2.14. The number of guanidine groups is 1. The highest BCUT2D eigenvalue weighted by atomic mass is 32.2. The van der Waals surface area contributed by atoms with Crippen LogP contribution in [0.5, 0.6) is 5.75 Å². The number of hydrogen-bond acceptors (Lipinski definition) is 3. The lowest BCUT2D eigenvalue weighted by molar-refractivity contribution is 0.415. The second-order valence-electron chi connectivity index (χ2n) is 4.64. The van der Waals surface area contributed by atoms with Crippen LogP contribution < -0.4 is 15.8 Å². The number of anilines is 1. The van der Waals surface area contributed by atoms with Crippen molar-refractivity contribution in [3.05, 3.63) is 54.6 Å². The first-order chi connectivity index (χ1) is 10.8. The van der Waals surface area contributed by atoms with E-state index in [1.807, 2.05) is 42.1 Å². The summed E-state index contributed by atoms with van der Waals surface area (Å²) in [5, 5.41) is 3.07. The van der Waals surface area contributed by atoms with Crippen LogP contribution in [-0.4, -0.2) is 25.4 Å². The lowest BCUT2D eigenvalue weighted by atomic mass is 10.3. The number of nitrogens with zero attached hydrogens (tertiary/aromatic N) is 1. The summed E-state index contributed by atoms with van der Waals surface area (Å²) in [5.74, 6) is 2.25. The lowest BCUT2D eigenvalue weighted by Crippen LogP contribution is -2.22. The number of rotatable bonds is 7. The van der Waals surface area contributed by atoms with Gasteiger partial charge >= 0.3 is 0 Å². The Morgan fingerprint density at radius 2 is 2.00 bits per heavy atom. The predicted octanol–water partition coefficient (Wildman–Crippen LogP) is 3.60. The van der Waals surface area contributed by atoms with Gasteiger partial charge in [0.15, 0.2) is 5.96 Å². The number of ether oxygens (including phenoxy) is 1. The van der Waals surface area contributed by atoms with E-state index < -0.39 is 0 Å². The van der Waals surface area contributed by atoms with Crippen molar-refractivity contribution in [2.75, 3.05) is 24.7 Å². The summed E-state index contributed by atoms with van der Waals surface area (Å²) in [6, 6.07) is 18.0. The van der Waals surface area contributed by atoms with Crippen molar-refractivity contribution in [2.24, 2.45) is 10.7 Å². The third-order valence-electron chi connectivity index (χ3n) is 2.94. The van der Waals surface area contributed by atoms with E-state index in [1.54, 1.807) is 7.11 Å². The highest BCUT2D eigenvalue weighted by Crippen LogP contribution is 2.18. The predicted molar refractivity (Wildman–Crippen MR) is 94.9 cm³/mol. The Labute approximate surface area is 135 Å².